The van der Waals surface area contributed by atoms with E-state index in [4.69, 9.17) is 32.5 Å². The highest BCUT2D eigenvalue weighted by Crippen LogP contribution is 2.33. The van der Waals surface area contributed by atoms with Gasteiger partial charge in [0.2, 0.25) is 0 Å². The van der Waals surface area contributed by atoms with Crippen LogP contribution in [-0.2, 0) is 0 Å². The van der Waals surface area contributed by atoms with Gasteiger partial charge in [-0.3, -0.25) is 0 Å². The summed E-state index contributed by atoms with van der Waals surface area (Å²) >= 11 is 6.60. The number of hydrogen-bond donors (Lipinski definition) is 2. The number of anilines is 2. The first-order valence-electron chi connectivity index (χ1n) is 8.71. The Morgan fingerprint density at radius 3 is 1.84 bits per heavy atom. The molecule has 3 unspecified atom stereocenters. The molecule has 2 aromatic rings. The van der Waals surface area contributed by atoms with Crippen molar-refractivity contribution in [1.29, 1.82) is 0 Å². The Kier molecular flexibility index (Phi) is 5.92. The first-order chi connectivity index (χ1) is 12.1. The predicted molar refractivity (Wildman–Crippen MR) is 103 cm³/mol. The molecule has 0 bridgehead atoms. The van der Waals surface area contributed by atoms with Crippen molar-refractivity contribution in [3.05, 3.63) is 48.5 Å². The van der Waals surface area contributed by atoms with Crippen LogP contribution in [0.5, 0.6) is 11.5 Å². The average molecular weight is 361 g/mol. The number of hydrogen-bond acceptors (Lipinski definition) is 4. The lowest BCUT2D eigenvalue weighted by Gasteiger charge is -2.32. The number of halogens is 1. The van der Waals surface area contributed by atoms with E-state index in [1.54, 1.807) is 0 Å². The van der Waals surface area contributed by atoms with Gasteiger partial charge in [-0.25, -0.2) is 0 Å². The van der Waals surface area contributed by atoms with Crippen LogP contribution in [0.3, 0.4) is 0 Å². The van der Waals surface area contributed by atoms with Crippen molar-refractivity contribution in [2.75, 3.05) is 24.7 Å². The second kappa shape index (κ2) is 8.34. The minimum Gasteiger partial charge on any atom is -0.493 e. The lowest BCUT2D eigenvalue weighted by Crippen LogP contribution is -2.32. The van der Waals surface area contributed by atoms with Gasteiger partial charge >= 0.3 is 0 Å². The van der Waals surface area contributed by atoms with E-state index in [1.165, 1.54) is 0 Å². The molecule has 0 aromatic heterocycles. The zero-order valence-corrected chi connectivity index (χ0v) is 15.0. The van der Waals surface area contributed by atoms with E-state index in [2.05, 4.69) is 0 Å². The fourth-order valence-electron chi connectivity index (χ4n) is 3.14. The van der Waals surface area contributed by atoms with Crippen molar-refractivity contribution in [1.82, 2.24) is 0 Å². The molecule has 1 saturated carbocycles. The van der Waals surface area contributed by atoms with Crippen molar-refractivity contribution < 1.29 is 9.47 Å². The molecule has 1 fully saturated rings. The lowest BCUT2D eigenvalue weighted by atomic mass is 9.82. The first-order valence-corrected chi connectivity index (χ1v) is 9.14. The number of ether oxygens (including phenoxy) is 2. The summed E-state index contributed by atoms with van der Waals surface area (Å²) in [6.07, 6.45) is 3.11. The number of nitrogens with two attached hydrogens (primary N) is 2. The van der Waals surface area contributed by atoms with E-state index in [0.717, 1.165) is 42.1 Å². The van der Waals surface area contributed by atoms with Gasteiger partial charge in [0.05, 0.1) is 13.2 Å². The molecule has 4 nitrogen and oxygen atoms in total. The molecular weight excluding hydrogens is 336 g/mol. The van der Waals surface area contributed by atoms with E-state index in [-0.39, 0.29) is 5.38 Å². The maximum absolute atomic E-state index is 6.60. The second-order valence-corrected chi connectivity index (χ2v) is 7.28. The summed E-state index contributed by atoms with van der Waals surface area (Å²) in [6, 6.07) is 15.0. The van der Waals surface area contributed by atoms with Gasteiger partial charge in [-0.15, -0.1) is 11.6 Å². The van der Waals surface area contributed by atoms with Crippen LogP contribution in [0.15, 0.2) is 48.5 Å². The Labute approximate surface area is 154 Å². The normalized spacial score (nSPS) is 23.2. The first kappa shape index (κ1) is 17.7. The molecule has 134 valence electrons. The lowest BCUT2D eigenvalue weighted by molar-refractivity contribution is 0.151. The zero-order valence-electron chi connectivity index (χ0n) is 14.2. The Morgan fingerprint density at radius 1 is 0.800 bits per heavy atom. The number of nitrogen functional groups attached to an aromatic ring is 2. The van der Waals surface area contributed by atoms with E-state index in [0.29, 0.717) is 25.0 Å². The second-order valence-electron chi connectivity index (χ2n) is 6.72. The molecule has 3 atom stereocenters. The van der Waals surface area contributed by atoms with Gasteiger partial charge in [0.25, 0.3) is 0 Å². The highest BCUT2D eigenvalue weighted by molar-refractivity contribution is 6.20. The number of rotatable bonds is 6. The van der Waals surface area contributed by atoms with Crippen molar-refractivity contribution in [2.24, 2.45) is 11.8 Å². The quantitative estimate of drug-likeness (QED) is 0.594. The molecule has 2 aromatic carbocycles. The van der Waals surface area contributed by atoms with E-state index in [9.17, 15) is 0 Å². The van der Waals surface area contributed by atoms with Crippen LogP contribution in [0.1, 0.15) is 19.3 Å². The molecule has 0 amide bonds. The summed E-state index contributed by atoms with van der Waals surface area (Å²) in [5, 5.41) is 0.113. The molecule has 0 radical (unpaired) electrons. The molecule has 0 saturated heterocycles. The smallest absolute Gasteiger partial charge is 0.119 e. The summed E-state index contributed by atoms with van der Waals surface area (Å²) in [5.74, 6) is 2.54. The zero-order chi connectivity index (χ0) is 17.6. The molecule has 1 aliphatic carbocycles. The van der Waals surface area contributed by atoms with Crippen LogP contribution in [-0.4, -0.2) is 18.6 Å². The molecule has 3 rings (SSSR count). The van der Waals surface area contributed by atoms with Crippen LogP contribution >= 0.6 is 11.6 Å². The highest BCUT2D eigenvalue weighted by atomic mass is 35.5. The van der Waals surface area contributed by atoms with Gasteiger partial charge in [0, 0.05) is 22.7 Å². The molecule has 4 N–H and O–H groups in total. The van der Waals surface area contributed by atoms with Crippen LogP contribution in [0.25, 0.3) is 0 Å². The van der Waals surface area contributed by atoms with Gasteiger partial charge in [-0.1, -0.05) is 0 Å². The minimum absolute atomic E-state index is 0.113. The van der Waals surface area contributed by atoms with Gasteiger partial charge in [-0.05, 0) is 73.7 Å². The molecule has 5 heteroatoms. The van der Waals surface area contributed by atoms with E-state index in [1.807, 2.05) is 48.5 Å². The highest BCUT2D eigenvalue weighted by Gasteiger charge is 2.30. The van der Waals surface area contributed by atoms with E-state index >= 15 is 0 Å². The Morgan fingerprint density at radius 2 is 1.32 bits per heavy atom. The van der Waals surface area contributed by atoms with Crippen LogP contribution in [0, 0.1) is 11.8 Å². The SMILES string of the molecule is Nc1ccc(OCC2CCC(COc3ccc(N)cc3)C(Cl)C2)cc1. The number of alkyl halides is 1. The summed E-state index contributed by atoms with van der Waals surface area (Å²) < 4.78 is 11.7. The molecule has 25 heavy (non-hydrogen) atoms. The maximum Gasteiger partial charge on any atom is 0.119 e. The topological polar surface area (TPSA) is 70.5 Å². The minimum atomic E-state index is 0.113. The van der Waals surface area contributed by atoms with Gasteiger partial charge < -0.3 is 20.9 Å². The molecule has 0 spiro atoms. The molecular formula is C20H25ClN2O2. The molecule has 0 heterocycles. The van der Waals surface area contributed by atoms with Crippen LogP contribution < -0.4 is 20.9 Å². The van der Waals surface area contributed by atoms with Crippen molar-refractivity contribution >= 4 is 23.0 Å². The van der Waals surface area contributed by atoms with Crippen molar-refractivity contribution in [3.8, 4) is 11.5 Å². The third-order valence-corrected chi connectivity index (χ3v) is 5.26. The van der Waals surface area contributed by atoms with Gasteiger partial charge in [-0.2, -0.15) is 0 Å². The summed E-state index contributed by atoms with van der Waals surface area (Å²) in [6.45, 7) is 1.34. The summed E-state index contributed by atoms with van der Waals surface area (Å²) in [5.41, 5.74) is 12.9. The fraction of sp³-hybridized carbons (Fsp3) is 0.400. The maximum atomic E-state index is 6.60. The third-order valence-electron chi connectivity index (χ3n) is 4.73. The monoisotopic (exact) mass is 360 g/mol. The molecule has 1 aliphatic rings. The third kappa shape index (κ3) is 5.20. The summed E-state index contributed by atoms with van der Waals surface area (Å²) in [7, 11) is 0. The average Bonchev–Trinajstić information content (AvgIpc) is 2.62. The Balaban J connectivity index is 1.42. The van der Waals surface area contributed by atoms with E-state index < -0.39 is 0 Å². The van der Waals surface area contributed by atoms with Crippen LogP contribution in [0.4, 0.5) is 11.4 Å². The predicted octanol–water partition coefficient (Wildman–Crippen LogP) is 4.33. The largest absolute Gasteiger partial charge is 0.493 e. The van der Waals surface area contributed by atoms with Crippen LogP contribution in [0.2, 0.25) is 0 Å². The Hall–Kier alpha value is -2.07. The van der Waals surface area contributed by atoms with Gasteiger partial charge in [0.1, 0.15) is 11.5 Å². The van der Waals surface area contributed by atoms with Gasteiger partial charge in [0.15, 0.2) is 0 Å². The summed E-state index contributed by atoms with van der Waals surface area (Å²) in [4.78, 5) is 0. The van der Waals surface area contributed by atoms with Crippen molar-refractivity contribution in [3.63, 3.8) is 0 Å². The fourth-order valence-corrected chi connectivity index (χ4v) is 3.59. The molecule has 0 aliphatic heterocycles. The van der Waals surface area contributed by atoms with Crippen molar-refractivity contribution in [2.45, 2.75) is 24.6 Å². The Bertz CT molecular complexity index is 660. The number of benzene rings is 2. The standard InChI is InChI=1S/C20H25ClN2O2/c21-20-11-14(12-24-18-7-3-16(22)4-8-18)1-2-15(20)13-25-19-9-5-17(23)6-10-19/h3-10,14-15,20H,1-2,11-13,22-23H2.